The highest BCUT2D eigenvalue weighted by Crippen LogP contribution is 2.24. The number of para-hydroxylation sites is 1. The van der Waals surface area contributed by atoms with Gasteiger partial charge in [0.25, 0.3) is 0 Å². The summed E-state index contributed by atoms with van der Waals surface area (Å²) in [7, 11) is 0. The molecule has 0 radical (unpaired) electrons. The molecule has 0 unspecified atom stereocenters. The van der Waals surface area contributed by atoms with Crippen molar-refractivity contribution in [3.63, 3.8) is 0 Å². The third-order valence-electron chi connectivity index (χ3n) is 4.54. The molecule has 4 rings (SSSR count). The molecule has 1 fully saturated rings. The lowest BCUT2D eigenvalue weighted by Gasteiger charge is -2.34. The zero-order valence-corrected chi connectivity index (χ0v) is 13.5. The summed E-state index contributed by atoms with van der Waals surface area (Å²) >= 11 is 0. The number of H-pyrrole nitrogens is 1. The Morgan fingerprint density at radius 3 is 2.58 bits per heavy atom. The lowest BCUT2D eigenvalue weighted by Crippen LogP contribution is -2.39. The van der Waals surface area contributed by atoms with Crippen LogP contribution < -0.4 is 10.2 Å². The van der Waals surface area contributed by atoms with Gasteiger partial charge in [0.15, 0.2) is 5.82 Å². The van der Waals surface area contributed by atoms with Gasteiger partial charge in [-0.2, -0.15) is 5.10 Å². The highest BCUT2D eigenvalue weighted by molar-refractivity contribution is 5.62. The molecule has 1 aliphatic heterocycles. The van der Waals surface area contributed by atoms with Crippen molar-refractivity contribution in [3.8, 4) is 11.4 Å². The average molecular weight is 319 g/mol. The van der Waals surface area contributed by atoms with Crippen LogP contribution in [0.1, 0.15) is 12.8 Å². The third-order valence-corrected chi connectivity index (χ3v) is 4.54. The Labute approximate surface area is 141 Å². The molecule has 24 heavy (non-hydrogen) atoms. The van der Waals surface area contributed by atoms with E-state index in [0.29, 0.717) is 6.04 Å². The van der Waals surface area contributed by atoms with E-state index in [9.17, 15) is 0 Å². The fraction of sp³-hybridized carbons (Fsp3) is 0.263. The molecule has 0 aliphatic carbocycles. The summed E-state index contributed by atoms with van der Waals surface area (Å²) in [6.07, 6.45) is 3.82. The molecule has 1 aromatic heterocycles. The Hall–Kier alpha value is -2.82. The van der Waals surface area contributed by atoms with Crippen molar-refractivity contribution in [1.82, 2.24) is 15.2 Å². The second kappa shape index (κ2) is 6.74. The molecule has 1 saturated heterocycles. The van der Waals surface area contributed by atoms with Gasteiger partial charge in [0.05, 0.1) is 0 Å². The highest BCUT2D eigenvalue weighted by atomic mass is 15.2. The fourth-order valence-electron chi connectivity index (χ4n) is 3.26. The molecule has 0 saturated carbocycles. The molecule has 0 atom stereocenters. The van der Waals surface area contributed by atoms with E-state index in [0.717, 1.165) is 43.0 Å². The highest BCUT2D eigenvalue weighted by Gasteiger charge is 2.19. The molecule has 3 aromatic rings. The largest absolute Gasteiger partial charge is 0.382 e. The lowest BCUT2D eigenvalue weighted by molar-refractivity contribution is 0.527. The summed E-state index contributed by atoms with van der Waals surface area (Å²) < 4.78 is 0. The van der Waals surface area contributed by atoms with Crippen LogP contribution in [0.4, 0.5) is 11.4 Å². The molecule has 5 nitrogen and oxygen atoms in total. The number of nitrogens with one attached hydrogen (secondary N) is 2. The Morgan fingerprint density at radius 1 is 1.00 bits per heavy atom. The van der Waals surface area contributed by atoms with E-state index in [-0.39, 0.29) is 0 Å². The van der Waals surface area contributed by atoms with E-state index in [2.05, 4.69) is 73.9 Å². The van der Waals surface area contributed by atoms with Gasteiger partial charge in [-0.15, -0.1) is 0 Å². The number of benzene rings is 2. The van der Waals surface area contributed by atoms with Crippen LogP contribution >= 0.6 is 0 Å². The van der Waals surface area contributed by atoms with Crippen LogP contribution in [0.3, 0.4) is 0 Å². The minimum absolute atomic E-state index is 0.509. The van der Waals surface area contributed by atoms with Crippen LogP contribution in [0.15, 0.2) is 60.9 Å². The number of nitrogens with zero attached hydrogens (tertiary/aromatic N) is 3. The molecule has 2 aromatic carbocycles. The van der Waals surface area contributed by atoms with Crippen molar-refractivity contribution in [2.45, 2.75) is 18.9 Å². The zero-order chi connectivity index (χ0) is 16.2. The van der Waals surface area contributed by atoms with Crippen LogP contribution in [-0.4, -0.2) is 34.3 Å². The standard InChI is InChI=1S/C19H21N5/c1-2-7-18(8-3-1)24-11-9-16(10-12-24)22-17-6-4-5-15(13-17)19-20-14-21-23-19/h1-8,13-14,16,22H,9-12H2,(H,20,21,23). The van der Waals surface area contributed by atoms with E-state index in [4.69, 9.17) is 0 Å². The molecule has 2 heterocycles. The van der Waals surface area contributed by atoms with Gasteiger partial charge in [-0.25, -0.2) is 4.98 Å². The van der Waals surface area contributed by atoms with Gasteiger partial charge < -0.3 is 10.2 Å². The number of hydrogen-bond acceptors (Lipinski definition) is 4. The van der Waals surface area contributed by atoms with E-state index in [1.807, 2.05) is 6.07 Å². The molecule has 2 N–H and O–H groups in total. The van der Waals surface area contributed by atoms with Crippen molar-refractivity contribution < 1.29 is 0 Å². The first-order valence-electron chi connectivity index (χ1n) is 8.41. The maximum atomic E-state index is 4.22. The monoisotopic (exact) mass is 319 g/mol. The maximum absolute atomic E-state index is 4.22. The predicted octanol–water partition coefficient (Wildman–Crippen LogP) is 3.55. The van der Waals surface area contributed by atoms with Gasteiger partial charge in [-0.05, 0) is 37.1 Å². The number of aromatic amines is 1. The average Bonchev–Trinajstić information content (AvgIpc) is 3.18. The van der Waals surface area contributed by atoms with Gasteiger partial charge in [-0.3, -0.25) is 5.10 Å². The van der Waals surface area contributed by atoms with E-state index in [1.54, 1.807) is 0 Å². The summed E-state index contributed by atoms with van der Waals surface area (Å²) in [5.74, 6) is 0.803. The Morgan fingerprint density at radius 2 is 1.83 bits per heavy atom. The fourth-order valence-corrected chi connectivity index (χ4v) is 3.26. The number of rotatable bonds is 4. The number of piperidine rings is 1. The molecule has 0 bridgehead atoms. The Bertz CT molecular complexity index is 761. The van der Waals surface area contributed by atoms with Gasteiger partial charge in [0, 0.05) is 36.1 Å². The summed E-state index contributed by atoms with van der Waals surface area (Å²) in [6.45, 7) is 2.17. The third kappa shape index (κ3) is 3.25. The summed E-state index contributed by atoms with van der Waals surface area (Å²) in [6, 6.07) is 19.5. The van der Waals surface area contributed by atoms with Crippen molar-refractivity contribution in [3.05, 3.63) is 60.9 Å². The Balaban J connectivity index is 1.38. The van der Waals surface area contributed by atoms with Crippen LogP contribution in [0, 0.1) is 0 Å². The number of aromatic nitrogens is 3. The first-order chi connectivity index (χ1) is 11.9. The van der Waals surface area contributed by atoms with Gasteiger partial charge in [0.2, 0.25) is 0 Å². The molecule has 0 amide bonds. The van der Waals surface area contributed by atoms with Gasteiger partial charge in [-0.1, -0.05) is 30.3 Å². The smallest absolute Gasteiger partial charge is 0.155 e. The second-order valence-electron chi connectivity index (χ2n) is 6.16. The number of hydrogen-bond donors (Lipinski definition) is 2. The van der Waals surface area contributed by atoms with Crippen LogP contribution in [-0.2, 0) is 0 Å². The predicted molar refractivity (Wildman–Crippen MR) is 97.1 cm³/mol. The molecular formula is C19H21N5. The van der Waals surface area contributed by atoms with Crippen molar-refractivity contribution >= 4 is 11.4 Å². The van der Waals surface area contributed by atoms with Gasteiger partial charge >= 0.3 is 0 Å². The van der Waals surface area contributed by atoms with Crippen LogP contribution in [0.2, 0.25) is 0 Å². The Kier molecular flexibility index (Phi) is 4.14. The second-order valence-corrected chi connectivity index (χ2v) is 6.16. The van der Waals surface area contributed by atoms with Crippen molar-refractivity contribution in [1.29, 1.82) is 0 Å². The molecule has 1 aliphatic rings. The van der Waals surface area contributed by atoms with Crippen molar-refractivity contribution in [2.24, 2.45) is 0 Å². The number of anilines is 2. The SMILES string of the molecule is c1ccc(N2CCC(Nc3cccc(-c4ncn[nH]4)c3)CC2)cc1. The maximum Gasteiger partial charge on any atom is 0.155 e. The summed E-state index contributed by atoms with van der Waals surface area (Å²) in [5, 5.41) is 10.5. The van der Waals surface area contributed by atoms with Crippen molar-refractivity contribution in [2.75, 3.05) is 23.3 Å². The zero-order valence-electron chi connectivity index (χ0n) is 13.5. The van der Waals surface area contributed by atoms with E-state index < -0.39 is 0 Å². The first kappa shape index (κ1) is 14.8. The summed E-state index contributed by atoms with van der Waals surface area (Å²) in [5.41, 5.74) is 3.52. The van der Waals surface area contributed by atoms with E-state index >= 15 is 0 Å². The normalized spacial score (nSPS) is 15.4. The summed E-state index contributed by atoms with van der Waals surface area (Å²) in [4.78, 5) is 6.68. The molecule has 122 valence electrons. The topological polar surface area (TPSA) is 56.8 Å². The minimum Gasteiger partial charge on any atom is -0.382 e. The molecule has 0 spiro atoms. The minimum atomic E-state index is 0.509. The van der Waals surface area contributed by atoms with E-state index in [1.165, 1.54) is 12.0 Å². The van der Waals surface area contributed by atoms with Crippen LogP contribution in [0.25, 0.3) is 11.4 Å². The quantitative estimate of drug-likeness (QED) is 0.772. The lowest BCUT2D eigenvalue weighted by atomic mass is 10.0. The van der Waals surface area contributed by atoms with Gasteiger partial charge in [0.1, 0.15) is 6.33 Å². The van der Waals surface area contributed by atoms with Crippen LogP contribution in [0.5, 0.6) is 0 Å². The first-order valence-corrected chi connectivity index (χ1v) is 8.41. The molecule has 5 heteroatoms. The molecular weight excluding hydrogens is 298 g/mol.